The topological polar surface area (TPSA) is 74.6 Å². The van der Waals surface area contributed by atoms with Crippen LogP contribution >= 0.6 is 0 Å². The Kier molecular flexibility index (Phi) is 4.44. The van der Waals surface area contributed by atoms with E-state index in [9.17, 15) is 14.7 Å². The Labute approximate surface area is 152 Å². The number of carboxylic acids is 1. The highest BCUT2D eigenvalue weighted by atomic mass is 16.4. The van der Waals surface area contributed by atoms with Crippen LogP contribution in [0.1, 0.15) is 41.4 Å². The first-order chi connectivity index (χ1) is 12.5. The van der Waals surface area contributed by atoms with Crippen LogP contribution in [0.2, 0.25) is 0 Å². The van der Waals surface area contributed by atoms with Gasteiger partial charge in [0.25, 0.3) is 5.91 Å². The van der Waals surface area contributed by atoms with E-state index < -0.39 is 5.97 Å². The summed E-state index contributed by atoms with van der Waals surface area (Å²) in [6.07, 6.45) is 2.93. The van der Waals surface area contributed by atoms with Crippen molar-refractivity contribution in [3.63, 3.8) is 0 Å². The van der Waals surface area contributed by atoms with Gasteiger partial charge in [-0.05, 0) is 42.5 Å². The van der Waals surface area contributed by atoms with Crippen molar-refractivity contribution in [1.29, 1.82) is 0 Å². The van der Waals surface area contributed by atoms with Gasteiger partial charge in [0.05, 0.1) is 0 Å². The zero-order valence-corrected chi connectivity index (χ0v) is 15.1. The molecule has 6 heteroatoms. The molecule has 26 heavy (non-hydrogen) atoms. The summed E-state index contributed by atoms with van der Waals surface area (Å²) < 4.78 is 1.89. The fraction of sp³-hybridized carbons (Fsp3) is 0.500. The van der Waals surface area contributed by atoms with Crippen molar-refractivity contribution in [2.45, 2.75) is 39.3 Å². The van der Waals surface area contributed by atoms with Gasteiger partial charge in [-0.3, -0.25) is 9.59 Å². The normalized spacial score (nSPS) is 18.1. The second kappa shape index (κ2) is 6.76. The van der Waals surface area contributed by atoms with Crippen molar-refractivity contribution in [1.82, 2.24) is 14.8 Å². The van der Waals surface area contributed by atoms with Gasteiger partial charge in [-0.15, -0.1) is 0 Å². The van der Waals surface area contributed by atoms with Crippen molar-refractivity contribution in [3.05, 3.63) is 35.0 Å². The molecule has 1 saturated heterocycles. The maximum absolute atomic E-state index is 12.9. The summed E-state index contributed by atoms with van der Waals surface area (Å²) in [6.45, 7) is 5.40. The summed E-state index contributed by atoms with van der Waals surface area (Å²) in [5, 5.41) is 13.6. The Morgan fingerprint density at radius 2 is 2.04 bits per heavy atom. The number of carbonyl (C=O) groups excluding carboxylic acids is 1. The van der Waals surface area contributed by atoms with E-state index >= 15 is 0 Å². The van der Waals surface area contributed by atoms with Crippen LogP contribution in [-0.4, -0.2) is 46.1 Å². The SMILES string of the molecule is CC1CCN(C(=O)c2ccc3c(c2)c2c(n3CC(=O)O)CCNC2)CC1. The van der Waals surface area contributed by atoms with E-state index in [-0.39, 0.29) is 12.5 Å². The van der Waals surface area contributed by atoms with Crippen molar-refractivity contribution in [2.24, 2.45) is 5.92 Å². The minimum atomic E-state index is -0.842. The number of amides is 1. The lowest BCUT2D eigenvalue weighted by Gasteiger charge is -2.30. The minimum absolute atomic E-state index is 0.0386. The molecule has 0 unspecified atom stereocenters. The van der Waals surface area contributed by atoms with Crippen LogP contribution < -0.4 is 5.32 Å². The molecule has 138 valence electrons. The standard InChI is InChI=1S/C20H25N3O3/c1-13-5-8-22(9-6-13)20(26)14-2-3-17-15(10-14)16-11-21-7-4-18(16)23(17)12-19(24)25/h2-3,10,13,21H,4-9,11-12H2,1H3,(H,24,25). The fourth-order valence-corrected chi connectivity index (χ4v) is 4.22. The second-order valence-corrected chi connectivity index (χ2v) is 7.54. The van der Waals surface area contributed by atoms with Gasteiger partial charge in [-0.2, -0.15) is 0 Å². The molecule has 0 saturated carbocycles. The summed E-state index contributed by atoms with van der Waals surface area (Å²) in [7, 11) is 0. The van der Waals surface area contributed by atoms with Crippen LogP contribution in [0.3, 0.4) is 0 Å². The number of nitrogens with one attached hydrogen (secondary N) is 1. The molecule has 3 heterocycles. The first-order valence-corrected chi connectivity index (χ1v) is 9.40. The molecule has 2 aliphatic heterocycles. The van der Waals surface area contributed by atoms with Gasteiger partial charge in [-0.25, -0.2) is 0 Å². The fourth-order valence-electron chi connectivity index (χ4n) is 4.22. The molecule has 0 aliphatic carbocycles. The Bertz CT molecular complexity index is 863. The molecular formula is C20H25N3O3. The summed E-state index contributed by atoms with van der Waals surface area (Å²) in [5.74, 6) is -0.0715. The van der Waals surface area contributed by atoms with Crippen LogP contribution in [0, 0.1) is 5.92 Å². The number of rotatable bonds is 3. The van der Waals surface area contributed by atoms with Crippen LogP contribution in [0.4, 0.5) is 0 Å². The molecule has 1 amide bonds. The van der Waals surface area contributed by atoms with Gasteiger partial charge in [0.2, 0.25) is 0 Å². The smallest absolute Gasteiger partial charge is 0.323 e. The van der Waals surface area contributed by atoms with E-state index in [1.807, 2.05) is 27.7 Å². The lowest BCUT2D eigenvalue weighted by molar-refractivity contribution is -0.137. The zero-order valence-electron chi connectivity index (χ0n) is 15.1. The van der Waals surface area contributed by atoms with E-state index in [0.29, 0.717) is 11.5 Å². The van der Waals surface area contributed by atoms with Crippen LogP contribution in [0.5, 0.6) is 0 Å². The molecule has 0 radical (unpaired) electrons. The average Bonchev–Trinajstić information content (AvgIpc) is 2.95. The molecule has 2 aromatic rings. The van der Waals surface area contributed by atoms with Crippen LogP contribution in [-0.2, 0) is 24.3 Å². The van der Waals surface area contributed by atoms with Crippen molar-refractivity contribution in [3.8, 4) is 0 Å². The quantitative estimate of drug-likeness (QED) is 0.886. The third-order valence-corrected chi connectivity index (χ3v) is 5.74. The minimum Gasteiger partial charge on any atom is -0.480 e. The lowest BCUT2D eigenvalue weighted by atomic mass is 9.98. The number of fused-ring (bicyclic) bond motifs is 3. The Balaban J connectivity index is 1.73. The third kappa shape index (κ3) is 2.98. The maximum atomic E-state index is 12.9. The van der Waals surface area contributed by atoms with Crippen molar-refractivity contribution >= 4 is 22.8 Å². The highest BCUT2D eigenvalue weighted by Gasteiger charge is 2.24. The van der Waals surface area contributed by atoms with E-state index in [4.69, 9.17) is 0 Å². The molecule has 2 aliphatic rings. The van der Waals surface area contributed by atoms with Crippen molar-refractivity contribution in [2.75, 3.05) is 19.6 Å². The van der Waals surface area contributed by atoms with Crippen LogP contribution in [0.15, 0.2) is 18.2 Å². The molecule has 0 spiro atoms. The number of hydrogen-bond donors (Lipinski definition) is 2. The summed E-state index contributed by atoms with van der Waals surface area (Å²) in [4.78, 5) is 26.2. The molecule has 1 aromatic heterocycles. The highest BCUT2D eigenvalue weighted by Crippen LogP contribution is 2.30. The number of piperidine rings is 1. The zero-order chi connectivity index (χ0) is 18.3. The lowest BCUT2D eigenvalue weighted by Crippen LogP contribution is -2.37. The molecular weight excluding hydrogens is 330 g/mol. The number of aliphatic carboxylic acids is 1. The third-order valence-electron chi connectivity index (χ3n) is 5.74. The molecule has 1 aromatic carbocycles. The van der Waals surface area contributed by atoms with Crippen LogP contribution in [0.25, 0.3) is 10.9 Å². The summed E-state index contributed by atoms with van der Waals surface area (Å²) in [6, 6.07) is 5.72. The maximum Gasteiger partial charge on any atom is 0.323 e. The predicted molar refractivity (Wildman–Crippen MR) is 99.3 cm³/mol. The largest absolute Gasteiger partial charge is 0.480 e. The number of carboxylic acid groups (broad SMARTS) is 1. The van der Waals surface area contributed by atoms with Gasteiger partial charge in [0.15, 0.2) is 0 Å². The highest BCUT2D eigenvalue weighted by molar-refractivity contribution is 5.99. The van der Waals surface area contributed by atoms with E-state index in [2.05, 4.69) is 12.2 Å². The molecule has 1 fully saturated rings. The van der Waals surface area contributed by atoms with Crippen molar-refractivity contribution < 1.29 is 14.7 Å². The average molecular weight is 355 g/mol. The molecule has 2 N–H and O–H groups in total. The van der Waals surface area contributed by atoms with Gasteiger partial charge in [-0.1, -0.05) is 6.92 Å². The first-order valence-electron chi connectivity index (χ1n) is 9.40. The predicted octanol–water partition coefficient (Wildman–Crippen LogP) is 2.24. The van der Waals surface area contributed by atoms with E-state index in [1.165, 1.54) is 0 Å². The summed E-state index contributed by atoms with van der Waals surface area (Å²) >= 11 is 0. The number of likely N-dealkylation sites (tertiary alicyclic amines) is 1. The van der Waals surface area contributed by atoms with Gasteiger partial charge >= 0.3 is 5.97 Å². The van der Waals surface area contributed by atoms with Gasteiger partial charge in [0.1, 0.15) is 6.54 Å². The number of aromatic nitrogens is 1. The molecule has 4 rings (SSSR count). The Hall–Kier alpha value is -2.34. The second-order valence-electron chi connectivity index (χ2n) is 7.54. The number of carbonyl (C=O) groups is 2. The monoisotopic (exact) mass is 355 g/mol. The first kappa shape index (κ1) is 17.1. The van der Waals surface area contributed by atoms with Gasteiger partial charge in [0, 0.05) is 54.8 Å². The number of nitrogens with zero attached hydrogens (tertiary/aromatic N) is 2. The van der Waals surface area contributed by atoms with Gasteiger partial charge < -0.3 is 19.9 Å². The van der Waals surface area contributed by atoms with E-state index in [1.54, 1.807) is 0 Å². The molecule has 6 nitrogen and oxygen atoms in total. The number of benzene rings is 1. The Morgan fingerprint density at radius 1 is 1.27 bits per heavy atom. The molecule has 0 atom stereocenters. The number of hydrogen-bond acceptors (Lipinski definition) is 3. The molecule has 0 bridgehead atoms. The Morgan fingerprint density at radius 3 is 2.77 bits per heavy atom. The van der Waals surface area contributed by atoms with E-state index in [0.717, 1.165) is 67.6 Å². The summed E-state index contributed by atoms with van der Waals surface area (Å²) in [5.41, 5.74) is 3.82.